The second-order valence-electron chi connectivity index (χ2n) is 2.52. The summed E-state index contributed by atoms with van der Waals surface area (Å²) in [5.41, 5.74) is 4.63. The van der Waals surface area contributed by atoms with Crippen LogP contribution in [0.25, 0.3) is 0 Å². The van der Waals surface area contributed by atoms with Crippen LogP contribution in [0.1, 0.15) is 19.8 Å². The minimum atomic E-state index is -1.04. The predicted octanol–water partition coefficient (Wildman–Crippen LogP) is -0.00360. The Hall–Kier alpha value is -1.10. The number of hydrogen-bond acceptors (Lipinski definition) is 4. The molecule has 0 aliphatic carbocycles. The maximum Gasteiger partial charge on any atom is 0.412 e. The van der Waals surface area contributed by atoms with E-state index in [1.807, 2.05) is 6.92 Å². The lowest BCUT2D eigenvalue weighted by atomic mass is 10.2. The van der Waals surface area contributed by atoms with Gasteiger partial charge in [-0.1, -0.05) is 0 Å². The van der Waals surface area contributed by atoms with Crippen LogP contribution in [-0.4, -0.2) is 25.2 Å². The molecule has 12 heavy (non-hydrogen) atoms. The highest BCUT2D eigenvalue weighted by molar-refractivity contribution is 5.83. The van der Waals surface area contributed by atoms with Crippen molar-refractivity contribution in [2.45, 2.75) is 25.8 Å². The molecule has 0 rings (SSSR count). The maximum atomic E-state index is 10.7. The molecule has 0 aliphatic rings. The SMILES string of the molecule is CNC(C)CCC(=O)OC(N)=O. The molecule has 0 heterocycles. The van der Waals surface area contributed by atoms with Gasteiger partial charge in [0.15, 0.2) is 0 Å². The van der Waals surface area contributed by atoms with Gasteiger partial charge in [0, 0.05) is 12.5 Å². The van der Waals surface area contributed by atoms with Crippen LogP contribution in [0, 0.1) is 0 Å². The quantitative estimate of drug-likeness (QED) is 0.464. The Morgan fingerprint density at radius 3 is 2.58 bits per heavy atom. The van der Waals surface area contributed by atoms with E-state index in [2.05, 4.69) is 15.8 Å². The zero-order valence-corrected chi connectivity index (χ0v) is 7.29. The third-order valence-electron chi connectivity index (χ3n) is 1.49. The Kier molecular flexibility index (Phi) is 5.03. The zero-order chi connectivity index (χ0) is 9.56. The Labute approximate surface area is 71.3 Å². The van der Waals surface area contributed by atoms with Crippen LogP contribution in [0.15, 0.2) is 0 Å². The first-order valence-corrected chi connectivity index (χ1v) is 3.73. The lowest BCUT2D eigenvalue weighted by Gasteiger charge is -2.07. The number of hydrogen-bond donors (Lipinski definition) is 2. The lowest BCUT2D eigenvalue weighted by molar-refractivity contribution is -0.137. The molecule has 5 heteroatoms. The van der Waals surface area contributed by atoms with Crippen molar-refractivity contribution in [3.05, 3.63) is 0 Å². The van der Waals surface area contributed by atoms with E-state index in [0.29, 0.717) is 6.42 Å². The van der Waals surface area contributed by atoms with E-state index in [1.54, 1.807) is 7.05 Å². The highest BCUT2D eigenvalue weighted by Gasteiger charge is 2.08. The number of esters is 1. The van der Waals surface area contributed by atoms with Crippen molar-refractivity contribution in [3.8, 4) is 0 Å². The first kappa shape index (κ1) is 10.9. The molecule has 5 nitrogen and oxygen atoms in total. The molecular weight excluding hydrogens is 160 g/mol. The van der Waals surface area contributed by atoms with Gasteiger partial charge in [0.25, 0.3) is 0 Å². The summed E-state index contributed by atoms with van der Waals surface area (Å²) in [6.45, 7) is 1.93. The van der Waals surface area contributed by atoms with Gasteiger partial charge in [0.1, 0.15) is 0 Å². The van der Waals surface area contributed by atoms with Gasteiger partial charge >= 0.3 is 12.1 Å². The number of rotatable bonds is 4. The largest absolute Gasteiger partial charge is 0.412 e. The average Bonchev–Trinajstić information content (AvgIpc) is 1.99. The van der Waals surface area contributed by atoms with Crippen molar-refractivity contribution >= 4 is 12.1 Å². The Bertz CT molecular complexity index is 170. The fourth-order valence-electron chi connectivity index (χ4n) is 0.642. The summed E-state index contributed by atoms with van der Waals surface area (Å²) in [5.74, 6) is -0.579. The first-order chi connectivity index (χ1) is 5.56. The minimum Gasteiger partial charge on any atom is -0.376 e. The number of nitrogens with two attached hydrogens (primary N) is 1. The van der Waals surface area contributed by atoms with E-state index in [4.69, 9.17) is 0 Å². The number of nitrogens with one attached hydrogen (secondary N) is 1. The van der Waals surface area contributed by atoms with E-state index in [0.717, 1.165) is 0 Å². The monoisotopic (exact) mass is 174 g/mol. The van der Waals surface area contributed by atoms with Gasteiger partial charge in [-0.2, -0.15) is 0 Å². The van der Waals surface area contributed by atoms with E-state index in [9.17, 15) is 9.59 Å². The number of amides is 1. The molecule has 0 radical (unpaired) electrons. The molecule has 1 atom stereocenters. The Balaban J connectivity index is 3.50. The molecule has 1 unspecified atom stereocenters. The molecule has 0 spiro atoms. The standard InChI is InChI=1S/C7H14N2O3/c1-5(9-2)3-4-6(10)12-7(8)11/h5,9H,3-4H2,1-2H3,(H2,8,11). The fourth-order valence-corrected chi connectivity index (χ4v) is 0.642. The van der Waals surface area contributed by atoms with Gasteiger partial charge in [-0.15, -0.1) is 0 Å². The van der Waals surface area contributed by atoms with Crippen LogP contribution in [0.4, 0.5) is 4.79 Å². The highest BCUT2D eigenvalue weighted by atomic mass is 16.6. The summed E-state index contributed by atoms with van der Waals surface area (Å²) < 4.78 is 4.12. The van der Waals surface area contributed by atoms with Crippen LogP contribution in [0.3, 0.4) is 0 Å². The molecule has 0 aromatic rings. The molecule has 0 fully saturated rings. The predicted molar refractivity (Wildman–Crippen MR) is 43.4 cm³/mol. The van der Waals surface area contributed by atoms with Gasteiger partial charge in [-0.3, -0.25) is 4.79 Å². The molecule has 0 aromatic heterocycles. The summed E-state index contributed by atoms with van der Waals surface area (Å²) in [4.78, 5) is 20.8. The highest BCUT2D eigenvalue weighted by Crippen LogP contribution is 1.97. The Morgan fingerprint density at radius 2 is 2.17 bits per heavy atom. The summed E-state index contributed by atoms with van der Waals surface area (Å²) in [6.07, 6.45) is -0.217. The maximum absolute atomic E-state index is 10.7. The summed E-state index contributed by atoms with van der Waals surface area (Å²) in [6, 6.07) is 0.227. The molecule has 70 valence electrons. The number of carbonyl (C=O) groups excluding carboxylic acids is 2. The molecule has 1 amide bonds. The van der Waals surface area contributed by atoms with Gasteiger partial charge in [-0.25, -0.2) is 4.79 Å². The summed E-state index contributed by atoms with van der Waals surface area (Å²) in [7, 11) is 1.80. The van der Waals surface area contributed by atoms with Gasteiger partial charge in [0.2, 0.25) is 0 Å². The van der Waals surface area contributed by atoms with E-state index in [1.165, 1.54) is 0 Å². The topological polar surface area (TPSA) is 81.4 Å². The van der Waals surface area contributed by atoms with Gasteiger partial charge in [0.05, 0.1) is 0 Å². The van der Waals surface area contributed by atoms with Crippen molar-refractivity contribution in [1.29, 1.82) is 0 Å². The van der Waals surface area contributed by atoms with Crippen LogP contribution in [-0.2, 0) is 9.53 Å². The number of ether oxygens (including phenoxy) is 1. The van der Waals surface area contributed by atoms with Crippen molar-refractivity contribution in [3.63, 3.8) is 0 Å². The van der Waals surface area contributed by atoms with Crippen LogP contribution in [0.2, 0.25) is 0 Å². The van der Waals surface area contributed by atoms with Crippen LogP contribution in [0.5, 0.6) is 0 Å². The second-order valence-corrected chi connectivity index (χ2v) is 2.52. The average molecular weight is 174 g/mol. The molecule has 0 aliphatic heterocycles. The second kappa shape index (κ2) is 5.54. The molecule has 0 saturated carbocycles. The molecule has 0 bridgehead atoms. The van der Waals surface area contributed by atoms with E-state index < -0.39 is 12.1 Å². The van der Waals surface area contributed by atoms with Gasteiger partial charge < -0.3 is 15.8 Å². The zero-order valence-electron chi connectivity index (χ0n) is 7.29. The smallest absolute Gasteiger partial charge is 0.376 e. The normalized spacial score (nSPS) is 12.2. The summed E-state index contributed by atoms with van der Waals surface area (Å²) in [5, 5.41) is 2.95. The molecular formula is C7H14N2O3. The summed E-state index contributed by atoms with van der Waals surface area (Å²) >= 11 is 0. The van der Waals surface area contributed by atoms with Gasteiger partial charge in [-0.05, 0) is 20.4 Å². The fraction of sp³-hybridized carbons (Fsp3) is 0.714. The third-order valence-corrected chi connectivity index (χ3v) is 1.49. The Morgan fingerprint density at radius 1 is 1.58 bits per heavy atom. The van der Waals surface area contributed by atoms with Crippen molar-refractivity contribution in [1.82, 2.24) is 5.32 Å². The third kappa shape index (κ3) is 5.67. The van der Waals surface area contributed by atoms with E-state index in [-0.39, 0.29) is 12.5 Å². The van der Waals surface area contributed by atoms with Crippen molar-refractivity contribution in [2.75, 3.05) is 7.05 Å². The first-order valence-electron chi connectivity index (χ1n) is 3.73. The molecule has 0 saturated heterocycles. The minimum absolute atomic E-state index is 0.199. The number of primary amides is 1. The molecule has 3 N–H and O–H groups in total. The lowest BCUT2D eigenvalue weighted by Crippen LogP contribution is -2.24. The molecule has 0 aromatic carbocycles. The van der Waals surface area contributed by atoms with E-state index >= 15 is 0 Å². The van der Waals surface area contributed by atoms with Crippen LogP contribution < -0.4 is 11.1 Å². The van der Waals surface area contributed by atoms with Crippen molar-refractivity contribution < 1.29 is 14.3 Å². The number of carbonyl (C=O) groups is 2. The van der Waals surface area contributed by atoms with Crippen LogP contribution >= 0.6 is 0 Å². The van der Waals surface area contributed by atoms with Crippen molar-refractivity contribution in [2.24, 2.45) is 5.73 Å².